The molecule has 0 atom stereocenters. The fraction of sp³-hybridized carbons (Fsp3) is 0.0833. The number of benzene rings is 3. The molecule has 0 saturated heterocycles. The molecule has 3 aromatic carbocycles. The quantitative estimate of drug-likeness (QED) is 0.238. The highest BCUT2D eigenvalue weighted by Gasteiger charge is 2.16. The summed E-state index contributed by atoms with van der Waals surface area (Å²) in [4.78, 5) is 23.5. The minimum absolute atomic E-state index is 0.0539. The van der Waals surface area contributed by atoms with Crippen molar-refractivity contribution in [2.75, 3.05) is 5.32 Å². The number of carbonyl (C=O) groups excluding carboxylic acids is 1. The molecule has 0 bridgehead atoms. The SMILES string of the molecule is Cc1ccc(Oc2cc(NC(=O)c3ccn(COc4ccc(F)c(Cl)c4)n3)cc([N+](=O)[O-])c2)cc1. The van der Waals surface area contributed by atoms with E-state index >= 15 is 0 Å². The number of halogens is 2. The molecule has 0 fully saturated rings. The molecule has 1 aromatic heterocycles. The summed E-state index contributed by atoms with van der Waals surface area (Å²) in [6.07, 6.45) is 1.51. The molecule has 0 unspecified atom stereocenters. The van der Waals surface area contributed by atoms with E-state index in [4.69, 9.17) is 21.1 Å². The van der Waals surface area contributed by atoms with Gasteiger partial charge in [0.1, 0.15) is 23.1 Å². The molecule has 0 aliphatic carbocycles. The minimum Gasteiger partial charge on any atom is -0.471 e. The van der Waals surface area contributed by atoms with E-state index in [9.17, 15) is 19.3 Å². The Hall–Kier alpha value is -4.44. The maximum Gasteiger partial charge on any atom is 0.276 e. The Morgan fingerprint density at radius 2 is 1.83 bits per heavy atom. The van der Waals surface area contributed by atoms with E-state index in [0.29, 0.717) is 11.5 Å². The number of hydrogen-bond donors (Lipinski definition) is 1. The molecule has 0 saturated carbocycles. The van der Waals surface area contributed by atoms with Gasteiger partial charge >= 0.3 is 0 Å². The van der Waals surface area contributed by atoms with Crippen molar-refractivity contribution in [2.45, 2.75) is 13.7 Å². The average molecular weight is 497 g/mol. The first-order valence-electron chi connectivity index (χ1n) is 10.2. The predicted molar refractivity (Wildman–Crippen MR) is 127 cm³/mol. The number of hydrogen-bond acceptors (Lipinski definition) is 6. The predicted octanol–water partition coefficient (Wildman–Crippen LogP) is 5.97. The largest absolute Gasteiger partial charge is 0.471 e. The van der Waals surface area contributed by atoms with E-state index in [0.717, 1.165) is 5.56 Å². The zero-order chi connectivity index (χ0) is 24.9. The van der Waals surface area contributed by atoms with Crippen LogP contribution in [0.2, 0.25) is 5.02 Å². The van der Waals surface area contributed by atoms with Crippen molar-refractivity contribution in [3.63, 3.8) is 0 Å². The van der Waals surface area contributed by atoms with Crippen LogP contribution in [0, 0.1) is 22.9 Å². The number of carbonyl (C=O) groups is 1. The van der Waals surface area contributed by atoms with Gasteiger partial charge in [0.25, 0.3) is 11.6 Å². The number of nitrogens with zero attached hydrogens (tertiary/aromatic N) is 3. The molecular formula is C24H18ClFN4O5. The van der Waals surface area contributed by atoms with Crippen molar-refractivity contribution in [3.05, 3.63) is 105 Å². The first-order chi connectivity index (χ1) is 16.8. The van der Waals surface area contributed by atoms with Crippen molar-refractivity contribution < 1.29 is 23.6 Å². The van der Waals surface area contributed by atoms with Gasteiger partial charge in [-0.15, -0.1) is 0 Å². The van der Waals surface area contributed by atoms with Crippen LogP contribution >= 0.6 is 11.6 Å². The van der Waals surface area contributed by atoms with Crippen LogP contribution in [0.15, 0.2) is 72.9 Å². The summed E-state index contributed by atoms with van der Waals surface area (Å²) in [5, 5.41) is 18.0. The van der Waals surface area contributed by atoms with Crippen molar-refractivity contribution >= 4 is 28.9 Å². The van der Waals surface area contributed by atoms with Gasteiger partial charge in [0.05, 0.1) is 21.7 Å². The molecule has 1 N–H and O–H groups in total. The number of ether oxygens (including phenoxy) is 2. The van der Waals surface area contributed by atoms with Gasteiger partial charge in [-0.25, -0.2) is 9.07 Å². The van der Waals surface area contributed by atoms with Gasteiger partial charge in [0.2, 0.25) is 0 Å². The number of amides is 1. The third-order valence-electron chi connectivity index (χ3n) is 4.74. The maximum absolute atomic E-state index is 13.3. The van der Waals surface area contributed by atoms with Gasteiger partial charge in [-0.05, 0) is 37.3 Å². The molecule has 35 heavy (non-hydrogen) atoms. The van der Waals surface area contributed by atoms with Gasteiger partial charge in [0, 0.05) is 24.4 Å². The van der Waals surface area contributed by atoms with Gasteiger partial charge in [0.15, 0.2) is 12.4 Å². The van der Waals surface area contributed by atoms with Crippen molar-refractivity contribution in [2.24, 2.45) is 0 Å². The van der Waals surface area contributed by atoms with Crippen LogP contribution in [0.5, 0.6) is 17.2 Å². The number of non-ortho nitro benzene ring substituents is 1. The molecule has 9 nitrogen and oxygen atoms in total. The third-order valence-corrected chi connectivity index (χ3v) is 5.03. The minimum atomic E-state index is -0.588. The Labute approximate surface area is 203 Å². The summed E-state index contributed by atoms with van der Waals surface area (Å²) in [7, 11) is 0. The molecule has 0 spiro atoms. The van der Waals surface area contributed by atoms with Crippen LogP contribution in [0.25, 0.3) is 0 Å². The van der Waals surface area contributed by atoms with Crippen LogP contribution in [-0.2, 0) is 6.73 Å². The second-order valence-electron chi connectivity index (χ2n) is 7.43. The monoisotopic (exact) mass is 496 g/mol. The van der Waals surface area contributed by atoms with Crippen LogP contribution in [0.4, 0.5) is 15.8 Å². The zero-order valence-electron chi connectivity index (χ0n) is 18.3. The Morgan fingerprint density at radius 1 is 1.09 bits per heavy atom. The first-order valence-corrected chi connectivity index (χ1v) is 10.6. The summed E-state index contributed by atoms with van der Waals surface area (Å²) in [5.41, 5.74) is 1.01. The molecule has 1 amide bonds. The number of nitro groups is 1. The maximum atomic E-state index is 13.3. The molecule has 11 heteroatoms. The number of nitrogens with one attached hydrogen (secondary N) is 1. The lowest BCUT2D eigenvalue weighted by Crippen LogP contribution is -2.14. The molecule has 4 rings (SSSR count). The fourth-order valence-corrected chi connectivity index (χ4v) is 3.19. The average Bonchev–Trinajstić information content (AvgIpc) is 3.30. The Morgan fingerprint density at radius 3 is 2.54 bits per heavy atom. The fourth-order valence-electron chi connectivity index (χ4n) is 3.02. The first kappa shape index (κ1) is 23.7. The lowest BCUT2D eigenvalue weighted by Gasteiger charge is -2.09. The van der Waals surface area contributed by atoms with Crippen molar-refractivity contribution in [1.82, 2.24) is 9.78 Å². The normalized spacial score (nSPS) is 10.6. The topological polar surface area (TPSA) is 109 Å². The molecule has 178 valence electrons. The Bertz CT molecular complexity index is 1390. The van der Waals surface area contributed by atoms with Crippen LogP contribution in [0.1, 0.15) is 16.1 Å². The number of aryl methyl sites for hydroxylation is 1. The van der Waals surface area contributed by atoms with Crippen LogP contribution < -0.4 is 14.8 Å². The van der Waals surface area contributed by atoms with E-state index in [2.05, 4.69) is 10.4 Å². The third kappa shape index (κ3) is 6.12. The van der Waals surface area contributed by atoms with E-state index in [-0.39, 0.29) is 34.6 Å². The van der Waals surface area contributed by atoms with E-state index in [1.54, 1.807) is 12.1 Å². The second kappa shape index (κ2) is 10.2. The molecule has 1 heterocycles. The highest BCUT2D eigenvalue weighted by atomic mass is 35.5. The number of nitro benzene ring substituents is 1. The molecule has 4 aromatic rings. The number of rotatable bonds is 8. The summed E-state index contributed by atoms with van der Waals surface area (Å²) in [6, 6.07) is 16.5. The summed E-state index contributed by atoms with van der Waals surface area (Å²) in [6.45, 7) is 1.87. The van der Waals surface area contributed by atoms with Crippen molar-refractivity contribution in [3.8, 4) is 17.2 Å². The smallest absolute Gasteiger partial charge is 0.276 e. The van der Waals surface area contributed by atoms with Crippen LogP contribution in [0.3, 0.4) is 0 Å². The summed E-state index contributed by atoms with van der Waals surface area (Å²) >= 11 is 5.73. The molecule has 0 aliphatic heterocycles. The van der Waals surface area contributed by atoms with Gasteiger partial charge in [-0.2, -0.15) is 5.10 Å². The van der Waals surface area contributed by atoms with Gasteiger partial charge < -0.3 is 14.8 Å². The number of aromatic nitrogens is 2. The van der Waals surface area contributed by atoms with Crippen molar-refractivity contribution in [1.29, 1.82) is 0 Å². The highest BCUT2D eigenvalue weighted by molar-refractivity contribution is 6.30. The van der Waals surface area contributed by atoms with E-state index < -0.39 is 16.6 Å². The molecule has 0 aliphatic rings. The Balaban J connectivity index is 1.45. The summed E-state index contributed by atoms with van der Waals surface area (Å²) < 4.78 is 25.8. The molecule has 0 radical (unpaired) electrons. The van der Waals surface area contributed by atoms with Crippen LogP contribution in [-0.4, -0.2) is 20.6 Å². The van der Waals surface area contributed by atoms with E-state index in [1.165, 1.54) is 53.3 Å². The lowest BCUT2D eigenvalue weighted by molar-refractivity contribution is -0.384. The second-order valence-corrected chi connectivity index (χ2v) is 7.84. The Kier molecular flexibility index (Phi) is 6.93. The van der Waals surface area contributed by atoms with E-state index in [1.807, 2.05) is 19.1 Å². The zero-order valence-corrected chi connectivity index (χ0v) is 19.0. The summed E-state index contributed by atoms with van der Waals surface area (Å²) in [5.74, 6) is -0.138. The number of anilines is 1. The van der Waals surface area contributed by atoms with Gasteiger partial charge in [-0.1, -0.05) is 29.3 Å². The highest BCUT2D eigenvalue weighted by Crippen LogP contribution is 2.30. The molecular weight excluding hydrogens is 479 g/mol. The standard InChI is InChI=1S/C24H18ClFN4O5/c1-15-2-4-18(5-3-15)35-20-11-16(10-17(12-20)30(32)33)27-24(31)23-8-9-29(28-23)14-34-19-6-7-22(26)21(25)13-19/h2-13H,14H2,1H3,(H,27,31). The lowest BCUT2D eigenvalue weighted by atomic mass is 10.2. The van der Waals surface area contributed by atoms with Gasteiger partial charge in [-0.3, -0.25) is 14.9 Å².